The van der Waals surface area contributed by atoms with E-state index in [1.807, 2.05) is 30.3 Å². The molecule has 150 valence electrons. The Bertz CT molecular complexity index is 875. The fraction of sp³-hybridized carbons (Fsp3) is 0.227. The molecule has 0 aromatic heterocycles. The van der Waals surface area contributed by atoms with Gasteiger partial charge in [0.1, 0.15) is 6.61 Å². The number of benzene rings is 2. The van der Waals surface area contributed by atoms with E-state index in [4.69, 9.17) is 11.2 Å². The Morgan fingerprint density at radius 3 is 2.45 bits per heavy atom. The van der Waals surface area contributed by atoms with Crippen molar-refractivity contribution in [3.63, 3.8) is 0 Å². The summed E-state index contributed by atoms with van der Waals surface area (Å²) in [6.45, 7) is 0.587. The minimum atomic E-state index is -0.537. The van der Waals surface area contributed by atoms with Crippen LogP contribution in [-0.2, 0) is 16.1 Å². The molecule has 0 heterocycles. The summed E-state index contributed by atoms with van der Waals surface area (Å²) in [6, 6.07) is 16.0. The first-order valence-corrected chi connectivity index (χ1v) is 9.15. The summed E-state index contributed by atoms with van der Waals surface area (Å²) in [5, 5.41) is 7.87. The van der Waals surface area contributed by atoms with Crippen molar-refractivity contribution in [3.05, 3.63) is 65.7 Å². The van der Waals surface area contributed by atoms with Crippen LogP contribution in [0, 0.1) is 12.3 Å². The zero-order chi connectivity index (χ0) is 20.9. The van der Waals surface area contributed by atoms with Crippen LogP contribution in [0.1, 0.15) is 28.8 Å². The monoisotopic (exact) mass is 393 g/mol. The number of amides is 3. The summed E-state index contributed by atoms with van der Waals surface area (Å²) < 4.78 is 5.10. The van der Waals surface area contributed by atoms with Gasteiger partial charge in [-0.3, -0.25) is 9.59 Å². The van der Waals surface area contributed by atoms with Crippen LogP contribution in [0.25, 0.3) is 0 Å². The van der Waals surface area contributed by atoms with Crippen molar-refractivity contribution in [2.75, 3.05) is 18.4 Å². The Labute approximate surface area is 169 Å². The average molecular weight is 393 g/mol. The molecule has 0 atom stereocenters. The standard InChI is InChI=1S/C22H23N3O4/c1-2-14-23-21(27)18-11-6-7-12-19(18)25-20(26)13-8-15-24-22(28)29-16-17-9-4-3-5-10-17/h1,3-7,9-12H,8,13-16H2,(H,23,27)(H,24,28)(H,25,26). The Kier molecular flexibility index (Phi) is 8.77. The van der Waals surface area contributed by atoms with Gasteiger partial charge >= 0.3 is 6.09 Å². The largest absolute Gasteiger partial charge is 0.445 e. The molecule has 0 saturated carbocycles. The zero-order valence-corrected chi connectivity index (χ0v) is 15.9. The molecule has 0 radical (unpaired) electrons. The van der Waals surface area contributed by atoms with Crippen LogP contribution in [0.5, 0.6) is 0 Å². The summed E-state index contributed by atoms with van der Waals surface area (Å²) in [5.41, 5.74) is 1.63. The minimum Gasteiger partial charge on any atom is -0.445 e. The van der Waals surface area contributed by atoms with Crippen molar-refractivity contribution in [3.8, 4) is 12.3 Å². The molecule has 0 aliphatic carbocycles. The lowest BCUT2D eigenvalue weighted by Crippen LogP contribution is -2.27. The van der Waals surface area contributed by atoms with Gasteiger partial charge in [-0.1, -0.05) is 48.4 Å². The van der Waals surface area contributed by atoms with E-state index in [0.29, 0.717) is 24.2 Å². The molecule has 0 unspecified atom stereocenters. The van der Waals surface area contributed by atoms with Gasteiger partial charge in [0.15, 0.2) is 0 Å². The first-order chi connectivity index (χ1) is 14.1. The van der Waals surface area contributed by atoms with E-state index in [1.165, 1.54) is 0 Å². The second kappa shape index (κ2) is 11.8. The molecule has 3 amide bonds. The number of anilines is 1. The van der Waals surface area contributed by atoms with Crippen LogP contribution >= 0.6 is 0 Å². The number of nitrogens with one attached hydrogen (secondary N) is 3. The molecule has 2 aromatic carbocycles. The van der Waals surface area contributed by atoms with Crippen LogP contribution in [0.2, 0.25) is 0 Å². The van der Waals surface area contributed by atoms with E-state index in [-0.39, 0.29) is 31.4 Å². The number of ether oxygens (including phenoxy) is 1. The topological polar surface area (TPSA) is 96.5 Å². The second-order valence-electron chi connectivity index (χ2n) is 6.07. The Balaban J connectivity index is 1.70. The van der Waals surface area contributed by atoms with Gasteiger partial charge in [-0.05, 0) is 24.1 Å². The predicted molar refractivity (Wildman–Crippen MR) is 110 cm³/mol. The average Bonchev–Trinajstić information content (AvgIpc) is 2.74. The maximum Gasteiger partial charge on any atom is 0.407 e. The zero-order valence-electron chi connectivity index (χ0n) is 15.9. The molecule has 0 saturated heterocycles. The summed E-state index contributed by atoms with van der Waals surface area (Å²) in [6.07, 6.45) is 5.21. The molecular weight excluding hydrogens is 370 g/mol. The van der Waals surface area contributed by atoms with Crippen molar-refractivity contribution < 1.29 is 19.1 Å². The van der Waals surface area contributed by atoms with Crippen LogP contribution in [0.4, 0.5) is 10.5 Å². The van der Waals surface area contributed by atoms with Crippen molar-refractivity contribution in [1.82, 2.24) is 10.6 Å². The SMILES string of the molecule is C#CCNC(=O)c1ccccc1NC(=O)CCCNC(=O)OCc1ccccc1. The highest BCUT2D eigenvalue weighted by atomic mass is 16.5. The highest BCUT2D eigenvalue weighted by Crippen LogP contribution is 2.15. The first kappa shape index (κ1) is 21.5. The maximum atomic E-state index is 12.1. The van der Waals surface area contributed by atoms with E-state index in [0.717, 1.165) is 5.56 Å². The van der Waals surface area contributed by atoms with Crippen molar-refractivity contribution in [2.24, 2.45) is 0 Å². The predicted octanol–water partition coefficient (Wildman–Crippen LogP) is 2.69. The smallest absolute Gasteiger partial charge is 0.407 e. The molecule has 29 heavy (non-hydrogen) atoms. The lowest BCUT2D eigenvalue weighted by molar-refractivity contribution is -0.116. The summed E-state index contributed by atoms with van der Waals surface area (Å²) in [5.74, 6) is 1.70. The van der Waals surface area contributed by atoms with Gasteiger partial charge in [-0.15, -0.1) is 6.42 Å². The van der Waals surface area contributed by atoms with Gasteiger partial charge in [0, 0.05) is 13.0 Å². The summed E-state index contributed by atoms with van der Waals surface area (Å²) in [7, 11) is 0. The third kappa shape index (κ3) is 7.77. The Hall–Kier alpha value is -3.79. The number of alkyl carbamates (subject to hydrolysis) is 1. The molecule has 2 rings (SSSR count). The Morgan fingerprint density at radius 2 is 1.69 bits per heavy atom. The second-order valence-corrected chi connectivity index (χ2v) is 6.07. The molecule has 0 spiro atoms. The molecular formula is C22H23N3O4. The van der Waals surface area contributed by atoms with E-state index in [9.17, 15) is 14.4 Å². The molecule has 7 heteroatoms. The van der Waals surface area contributed by atoms with Crippen LogP contribution in [-0.4, -0.2) is 31.0 Å². The number of terminal acetylenes is 1. The third-order valence-corrected chi connectivity index (χ3v) is 3.86. The van der Waals surface area contributed by atoms with Crippen molar-refractivity contribution in [2.45, 2.75) is 19.4 Å². The van der Waals surface area contributed by atoms with Crippen LogP contribution in [0.15, 0.2) is 54.6 Å². The summed E-state index contributed by atoms with van der Waals surface area (Å²) >= 11 is 0. The lowest BCUT2D eigenvalue weighted by atomic mass is 10.1. The van der Waals surface area contributed by atoms with Crippen molar-refractivity contribution >= 4 is 23.6 Å². The minimum absolute atomic E-state index is 0.104. The first-order valence-electron chi connectivity index (χ1n) is 9.15. The van der Waals surface area contributed by atoms with Gasteiger partial charge < -0.3 is 20.7 Å². The van der Waals surface area contributed by atoms with Gasteiger partial charge in [0.25, 0.3) is 5.91 Å². The highest BCUT2D eigenvalue weighted by molar-refractivity contribution is 6.03. The molecule has 2 aromatic rings. The van der Waals surface area contributed by atoms with E-state index in [2.05, 4.69) is 21.9 Å². The van der Waals surface area contributed by atoms with Gasteiger partial charge in [0.05, 0.1) is 17.8 Å². The van der Waals surface area contributed by atoms with Gasteiger partial charge in [0.2, 0.25) is 5.91 Å². The molecule has 7 nitrogen and oxygen atoms in total. The van der Waals surface area contributed by atoms with Crippen molar-refractivity contribution in [1.29, 1.82) is 0 Å². The number of carbonyl (C=O) groups excluding carboxylic acids is 3. The highest BCUT2D eigenvalue weighted by Gasteiger charge is 2.12. The number of hydrogen-bond acceptors (Lipinski definition) is 4. The Morgan fingerprint density at radius 1 is 0.966 bits per heavy atom. The number of hydrogen-bond donors (Lipinski definition) is 3. The number of carbonyl (C=O) groups is 3. The van der Waals surface area contributed by atoms with E-state index >= 15 is 0 Å². The van der Waals surface area contributed by atoms with Gasteiger partial charge in [-0.2, -0.15) is 0 Å². The maximum absolute atomic E-state index is 12.1. The quantitative estimate of drug-likeness (QED) is 0.451. The number of para-hydroxylation sites is 1. The third-order valence-electron chi connectivity index (χ3n) is 3.86. The summed E-state index contributed by atoms with van der Waals surface area (Å²) in [4.78, 5) is 35.9. The molecule has 3 N–H and O–H groups in total. The van der Waals surface area contributed by atoms with Gasteiger partial charge in [-0.25, -0.2) is 4.79 Å². The molecule has 0 aliphatic rings. The van der Waals surface area contributed by atoms with Crippen LogP contribution < -0.4 is 16.0 Å². The molecule has 0 aliphatic heterocycles. The number of rotatable bonds is 9. The molecule has 0 fully saturated rings. The molecule has 0 bridgehead atoms. The lowest BCUT2D eigenvalue weighted by Gasteiger charge is -2.11. The van der Waals surface area contributed by atoms with Crippen LogP contribution in [0.3, 0.4) is 0 Å². The fourth-order valence-corrected chi connectivity index (χ4v) is 2.44. The van der Waals surface area contributed by atoms with E-state index in [1.54, 1.807) is 24.3 Å². The van der Waals surface area contributed by atoms with E-state index < -0.39 is 6.09 Å². The normalized spacial score (nSPS) is 9.76. The fourth-order valence-electron chi connectivity index (χ4n) is 2.44.